The van der Waals surface area contributed by atoms with E-state index in [2.05, 4.69) is 60.2 Å². The summed E-state index contributed by atoms with van der Waals surface area (Å²) in [5.74, 6) is 0. The lowest BCUT2D eigenvalue weighted by Crippen LogP contribution is -2.25. The van der Waals surface area contributed by atoms with Crippen molar-refractivity contribution in [2.75, 3.05) is 0 Å². The molecule has 2 heteroatoms. The van der Waals surface area contributed by atoms with Gasteiger partial charge in [-0.25, -0.2) is 0 Å². The standard InChI is InChI=1S/C16H26BrN/c1-4-5-6-7-8-14(3)18-12-15-9-10-16(17)13(2)11-15/h9-11,14,18H,4-8,12H2,1-3H3. The average Bonchev–Trinajstić information content (AvgIpc) is 2.36. The van der Waals surface area contributed by atoms with Gasteiger partial charge in [0, 0.05) is 17.1 Å². The fourth-order valence-corrected chi connectivity index (χ4v) is 2.33. The van der Waals surface area contributed by atoms with Gasteiger partial charge in [-0.3, -0.25) is 0 Å². The van der Waals surface area contributed by atoms with E-state index in [4.69, 9.17) is 0 Å². The van der Waals surface area contributed by atoms with Gasteiger partial charge in [-0.05, 0) is 37.5 Å². The summed E-state index contributed by atoms with van der Waals surface area (Å²) in [6.45, 7) is 7.67. The number of aryl methyl sites for hydroxylation is 1. The first-order valence-electron chi connectivity index (χ1n) is 7.12. The van der Waals surface area contributed by atoms with Crippen LogP contribution in [0.1, 0.15) is 57.1 Å². The van der Waals surface area contributed by atoms with E-state index in [0.717, 1.165) is 6.54 Å². The van der Waals surface area contributed by atoms with Gasteiger partial charge in [0.2, 0.25) is 0 Å². The number of unbranched alkanes of at least 4 members (excludes halogenated alkanes) is 3. The highest BCUT2D eigenvalue weighted by Crippen LogP contribution is 2.17. The van der Waals surface area contributed by atoms with E-state index >= 15 is 0 Å². The van der Waals surface area contributed by atoms with Gasteiger partial charge in [0.25, 0.3) is 0 Å². The van der Waals surface area contributed by atoms with Crippen LogP contribution < -0.4 is 5.32 Å². The molecular formula is C16H26BrN. The average molecular weight is 312 g/mol. The molecule has 102 valence electrons. The molecule has 0 radical (unpaired) electrons. The molecule has 1 aromatic carbocycles. The molecule has 0 spiro atoms. The molecule has 0 aliphatic carbocycles. The largest absolute Gasteiger partial charge is 0.310 e. The highest BCUT2D eigenvalue weighted by Gasteiger charge is 2.02. The van der Waals surface area contributed by atoms with Gasteiger partial charge in [-0.2, -0.15) is 0 Å². The lowest BCUT2D eigenvalue weighted by atomic mass is 10.1. The fraction of sp³-hybridized carbons (Fsp3) is 0.625. The van der Waals surface area contributed by atoms with E-state index in [1.54, 1.807) is 0 Å². The Labute approximate surface area is 120 Å². The van der Waals surface area contributed by atoms with Crippen LogP contribution in [0.5, 0.6) is 0 Å². The molecule has 0 bridgehead atoms. The molecule has 1 rings (SSSR count). The second-order valence-electron chi connectivity index (χ2n) is 5.21. The van der Waals surface area contributed by atoms with Crippen LogP contribution >= 0.6 is 15.9 Å². The van der Waals surface area contributed by atoms with Gasteiger partial charge in [-0.15, -0.1) is 0 Å². The zero-order valence-electron chi connectivity index (χ0n) is 11.9. The Kier molecular flexibility index (Phi) is 7.60. The molecule has 1 unspecified atom stereocenters. The van der Waals surface area contributed by atoms with Crippen molar-refractivity contribution >= 4 is 15.9 Å². The Balaban J connectivity index is 2.24. The number of benzene rings is 1. The number of hydrogen-bond acceptors (Lipinski definition) is 1. The van der Waals surface area contributed by atoms with Crippen molar-refractivity contribution in [2.45, 2.75) is 65.5 Å². The number of rotatable bonds is 8. The fourth-order valence-electron chi connectivity index (χ4n) is 2.09. The Morgan fingerprint density at radius 3 is 2.67 bits per heavy atom. The van der Waals surface area contributed by atoms with Crippen LogP contribution in [0.15, 0.2) is 22.7 Å². The third kappa shape index (κ3) is 6.01. The first-order valence-corrected chi connectivity index (χ1v) is 7.91. The van der Waals surface area contributed by atoms with Crippen LogP contribution in [0.25, 0.3) is 0 Å². The normalized spacial score (nSPS) is 12.7. The van der Waals surface area contributed by atoms with Crippen molar-refractivity contribution in [3.63, 3.8) is 0 Å². The Hall–Kier alpha value is -0.340. The SMILES string of the molecule is CCCCCCC(C)NCc1ccc(Br)c(C)c1. The molecule has 0 fully saturated rings. The predicted octanol–water partition coefficient (Wildman–Crippen LogP) is 5.21. The lowest BCUT2D eigenvalue weighted by molar-refractivity contribution is 0.482. The molecule has 0 saturated heterocycles. The molecule has 0 saturated carbocycles. The van der Waals surface area contributed by atoms with E-state index in [9.17, 15) is 0 Å². The minimum Gasteiger partial charge on any atom is -0.310 e. The molecule has 0 aliphatic rings. The van der Waals surface area contributed by atoms with E-state index in [1.165, 1.54) is 47.7 Å². The summed E-state index contributed by atoms with van der Waals surface area (Å²) >= 11 is 3.54. The minimum atomic E-state index is 0.616. The van der Waals surface area contributed by atoms with E-state index < -0.39 is 0 Å². The lowest BCUT2D eigenvalue weighted by Gasteiger charge is -2.14. The molecule has 0 aromatic heterocycles. The van der Waals surface area contributed by atoms with E-state index in [1.807, 2.05) is 0 Å². The van der Waals surface area contributed by atoms with Crippen LogP contribution in [0.4, 0.5) is 0 Å². The van der Waals surface area contributed by atoms with Gasteiger partial charge < -0.3 is 5.32 Å². The predicted molar refractivity (Wildman–Crippen MR) is 83.9 cm³/mol. The van der Waals surface area contributed by atoms with Crippen molar-refractivity contribution in [2.24, 2.45) is 0 Å². The topological polar surface area (TPSA) is 12.0 Å². The highest BCUT2D eigenvalue weighted by atomic mass is 79.9. The summed E-state index contributed by atoms with van der Waals surface area (Å²) in [5, 5.41) is 3.61. The number of hydrogen-bond donors (Lipinski definition) is 1. The maximum Gasteiger partial charge on any atom is 0.0208 e. The van der Waals surface area contributed by atoms with Gasteiger partial charge in [0.1, 0.15) is 0 Å². The molecule has 1 aromatic rings. The number of nitrogens with one attached hydrogen (secondary N) is 1. The molecule has 1 N–H and O–H groups in total. The van der Waals surface area contributed by atoms with Crippen LogP contribution in [0.2, 0.25) is 0 Å². The molecule has 18 heavy (non-hydrogen) atoms. The summed E-state index contributed by atoms with van der Waals surface area (Å²) in [6, 6.07) is 7.19. The molecule has 0 aliphatic heterocycles. The maximum atomic E-state index is 3.61. The highest BCUT2D eigenvalue weighted by molar-refractivity contribution is 9.10. The van der Waals surface area contributed by atoms with E-state index in [-0.39, 0.29) is 0 Å². The molecule has 1 atom stereocenters. The third-order valence-corrected chi connectivity index (χ3v) is 4.26. The molecule has 0 amide bonds. The smallest absolute Gasteiger partial charge is 0.0208 e. The van der Waals surface area contributed by atoms with Crippen molar-refractivity contribution in [1.29, 1.82) is 0 Å². The first kappa shape index (κ1) is 15.7. The van der Waals surface area contributed by atoms with Gasteiger partial charge in [0.05, 0.1) is 0 Å². The Bertz CT molecular complexity index is 349. The maximum absolute atomic E-state index is 3.61. The summed E-state index contributed by atoms with van der Waals surface area (Å²) < 4.78 is 1.19. The Morgan fingerprint density at radius 1 is 1.22 bits per heavy atom. The first-order chi connectivity index (χ1) is 8.63. The monoisotopic (exact) mass is 311 g/mol. The zero-order valence-corrected chi connectivity index (χ0v) is 13.5. The second kappa shape index (κ2) is 8.71. The van der Waals surface area contributed by atoms with Crippen LogP contribution in [0.3, 0.4) is 0 Å². The summed E-state index contributed by atoms with van der Waals surface area (Å²) in [7, 11) is 0. The second-order valence-corrected chi connectivity index (χ2v) is 6.07. The van der Waals surface area contributed by atoms with Crippen molar-refractivity contribution in [3.05, 3.63) is 33.8 Å². The van der Waals surface area contributed by atoms with Crippen molar-refractivity contribution in [3.8, 4) is 0 Å². The minimum absolute atomic E-state index is 0.616. The molecule has 0 heterocycles. The summed E-state index contributed by atoms with van der Waals surface area (Å²) in [5.41, 5.74) is 2.68. The van der Waals surface area contributed by atoms with Gasteiger partial charge >= 0.3 is 0 Å². The molecular weight excluding hydrogens is 286 g/mol. The van der Waals surface area contributed by atoms with Crippen LogP contribution in [-0.2, 0) is 6.54 Å². The van der Waals surface area contributed by atoms with Gasteiger partial charge in [0.15, 0.2) is 0 Å². The summed E-state index contributed by atoms with van der Waals surface area (Å²) in [4.78, 5) is 0. The van der Waals surface area contributed by atoms with Crippen LogP contribution in [0, 0.1) is 6.92 Å². The van der Waals surface area contributed by atoms with Gasteiger partial charge in [-0.1, -0.05) is 60.7 Å². The summed E-state index contributed by atoms with van der Waals surface area (Å²) in [6.07, 6.45) is 6.70. The van der Waals surface area contributed by atoms with Crippen molar-refractivity contribution < 1.29 is 0 Å². The zero-order chi connectivity index (χ0) is 13.4. The third-order valence-electron chi connectivity index (χ3n) is 3.37. The quantitative estimate of drug-likeness (QED) is 0.650. The molecule has 1 nitrogen and oxygen atoms in total. The Morgan fingerprint density at radius 2 is 2.00 bits per heavy atom. The van der Waals surface area contributed by atoms with Crippen molar-refractivity contribution in [1.82, 2.24) is 5.32 Å². The van der Waals surface area contributed by atoms with Crippen LogP contribution in [-0.4, -0.2) is 6.04 Å². The van der Waals surface area contributed by atoms with E-state index in [0.29, 0.717) is 6.04 Å². The number of halogens is 1.